The van der Waals surface area contributed by atoms with Gasteiger partial charge in [-0.25, -0.2) is 0 Å². The van der Waals surface area contributed by atoms with Crippen molar-refractivity contribution in [3.8, 4) is 0 Å². The Labute approximate surface area is 144 Å². The topological polar surface area (TPSA) is 75.3 Å². The molecule has 1 aromatic heterocycles. The average molecular weight is 409 g/mol. The zero-order valence-electron chi connectivity index (χ0n) is 13.6. The van der Waals surface area contributed by atoms with Crippen LogP contribution in [0.25, 0.3) is 0 Å². The Balaban J connectivity index is 0.00000400. The van der Waals surface area contributed by atoms with Crippen molar-refractivity contribution in [2.24, 2.45) is 10.9 Å². The molecule has 7 heteroatoms. The van der Waals surface area contributed by atoms with Crippen LogP contribution in [-0.2, 0) is 6.42 Å². The molecule has 6 nitrogen and oxygen atoms in total. The van der Waals surface area contributed by atoms with E-state index in [-0.39, 0.29) is 24.0 Å². The Morgan fingerprint density at radius 1 is 1.29 bits per heavy atom. The van der Waals surface area contributed by atoms with E-state index in [2.05, 4.69) is 46.5 Å². The third-order valence-corrected chi connectivity index (χ3v) is 2.98. The van der Waals surface area contributed by atoms with E-state index in [1.807, 2.05) is 6.92 Å². The van der Waals surface area contributed by atoms with Gasteiger partial charge in [-0.05, 0) is 32.6 Å². The molecule has 0 fully saturated rings. The lowest BCUT2D eigenvalue weighted by Crippen LogP contribution is -2.43. The van der Waals surface area contributed by atoms with Crippen molar-refractivity contribution in [2.75, 3.05) is 13.6 Å². The number of rotatable bonds is 7. The fourth-order valence-electron chi connectivity index (χ4n) is 1.81. The smallest absolute Gasteiger partial charge is 0.228 e. The van der Waals surface area contributed by atoms with Gasteiger partial charge in [0.15, 0.2) is 11.8 Å². The molecule has 1 atom stereocenters. The first-order valence-electron chi connectivity index (χ1n) is 7.27. The minimum atomic E-state index is 0. The number of guanidine groups is 1. The molecule has 0 aliphatic carbocycles. The number of hydrogen-bond acceptors (Lipinski definition) is 4. The summed E-state index contributed by atoms with van der Waals surface area (Å²) in [6, 6.07) is 0.411. The van der Waals surface area contributed by atoms with Crippen LogP contribution in [0, 0.1) is 12.8 Å². The first-order chi connectivity index (χ1) is 9.51. The molecule has 122 valence electrons. The van der Waals surface area contributed by atoms with E-state index in [0.29, 0.717) is 24.2 Å². The van der Waals surface area contributed by atoms with E-state index in [1.54, 1.807) is 7.05 Å². The van der Waals surface area contributed by atoms with Gasteiger partial charge in [-0.3, -0.25) is 4.99 Å². The van der Waals surface area contributed by atoms with Gasteiger partial charge in [0.25, 0.3) is 0 Å². The van der Waals surface area contributed by atoms with Crippen LogP contribution in [0.5, 0.6) is 0 Å². The maximum Gasteiger partial charge on any atom is 0.228 e. The zero-order chi connectivity index (χ0) is 15.0. The summed E-state index contributed by atoms with van der Waals surface area (Å²) < 4.78 is 5.06. The van der Waals surface area contributed by atoms with Gasteiger partial charge in [-0.1, -0.05) is 19.0 Å². The molecule has 1 heterocycles. The van der Waals surface area contributed by atoms with Crippen molar-refractivity contribution in [3.63, 3.8) is 0 Å². The minimum absolute atomic E-state index is 0. The molecule has 1 unspecified atom stereocenters. The molecule has 0 amide bonds. The largest absolute Gasteiger partial charge is 0.356 e. The predicted octanol–water partition coefficient (Wildman–Crippen LogP) is 2.53. The molecule has 0 saturated heterocycles. The highest BCUT2D eigenvalue weighted by molar-refractivity contribution is 14.0. The maximum atomic E-state index is 5.06. The Kier molecular flexibility index (Phi) is 10.4. The summed E-state index contributed by atoms with van der Waals surface area (Å²) >= 11 is 0. The summed E-state index contributed by atoms with van der Waals surface area (Å²) in [7, 11) is 1.78. The minimum Gasteiger partial charge on any atom is -0.356 e. The lowest BCUT2D eigenvalue weighted by Gasteiger charge is -2.18. The van der Waals surface area contributed by atoms with Crippen LogP contribution in [0.3, 0.4) is 0 Å². The van der Waals surface area contributed by atoms with Gasteiger partial charge < -0.3 is 15.2 Å². The van der Waals surface area contributed by atoms with E-state index in [4.69, 9.17) is 4.52 Å². The van der Waals surface area contributed by atoms with Gasteiger partial charge in [0, 0.05) is 26.1 Å². The lowest BCUT2D eigenvalue weighted by atomic mass is 10.0. The molecule has 0 bridgehead atoms. The van der Waals surface area contributed by atoms with Crippen LogP contribution >= 0.6 is 24.0 Å². The zero-order valence-corrected chi connectivity index (χ0v) is 16.0. The van der Waals surface area contributed by atoms with Gasteiger partial charge in [0.1, 0.15) is 0 Å². The quantitative estimate of drug-likeness (QED) is 0.411. The molecular weight excluding hydrogens is 381 g/mol. The third-order valence-electron chi connectivity index (χ3n) is 2.98. The number of nitrogens with zero attached hydrogens (tertiary/aromatic N) is 3. The molecule has 0 aromatic carbocycles. The van der Waals surface area contributed by atoms with Gasteiger partial charge >= 0.3 is 0 Å². The van der Waals surface area contributed by atoms with Gasteiger partial charge in [-0.2, -0.15) is 4.98 Å². The van der Waals surface area contributed by atoms with Crippen LogP contribution in [0.4, 0.5) is 0 Å². The van der Waals surface area contributed by atoms with Gasteiger partial charge in [0.2, 0.25) is 5.89 Å². The molecule has 1 rings (SSSR count). The van der Waals surface area contributed by atoms with Crippen LogP contribution in [0.1, 0.15) is 45.3 Å². The first kappa shape index (κ1) is 20.1. The molecular formula is C14H28IN5O. The van der Waals surface area contributed by atoms with E-state index in [0.717, 1.165) is 24.8 Å². The predicted molar refractivity (Wildman–Crippen MR) is 96.2 cm³/mol. The van der Waals surface area contributed by atoms with E-state index >= 15 is 0 Å². The fraction of sp³-hybridized carbons (Fsp3) is 0.786. The third kappa shape index (κ3) is 8.90. The Morgan fingerprint density at radius 3 is 2.52 bits per heavy atom. The SMILES string of the molecule is CN=C(NCCc1nc(C)no1)NC(C)CCC(C)C.I. The highest BCUT2D eigenvalue weighted by Gasteiger charge is 2.07. The van der Waals surface area contributed by atoms with E-state index < -0.39 is 0 Å². The second-order valence-electron chi connectivity index (χ2n) is 5.50. The van der Waals surface area contributed by atoms with Gasteiger partial charge in [-0.15, -0.1) is 24.0 Å². The number of aromatic nitrogens is 2. The number of aryl methyl sites for hydroxylation is 1. The van der Waals surface area contributed by atoms with Crippen molar-refractivity contribution in [1.82, 2.24) is 20.8 Å². The first-order valence-corrected chi connectivity index (χ1v) is 7.27. The molecule has 0 saturated carbocycles. The normalized spacial score (nSPS) is 13.0. The molecule has 2 N–H and O–H groups in total. The number of nitrogens with one attached hydrogen (secondary N) is 2. The molecule has 0 spiro atoms. The summed E-state index contributed by atoms with van der Waals surface area (Å²) in [4.78, 5) is 8.38. The summed E-state index contributed by atoms with van der Waals surface area (Å²) in [5, 5.41) is 10.4. The Morgan fingerprint density at radius 2 is 2.00 bits per heavy atom. The van der Waals surface area contributed by atoms with Crippen molar-refractivity contribution < 1.29 is 4.52 Å². The highest BCUT2D eigenvalue weighted by atomic mass is 127. The van der Waals surface area contributed by atoms with Crippen LogP contribution < -0.4 is 10.6 Å². The Bertz CT molecular complexity index is 419. The molecule has 0 aliphatic rings. The van der Waals surface area contributed by atoms with E-state index in [9.17, 15) is 0 Å². The summed E-state index contributed by atoms with van der Waals surface area (Å²) in [6.07, 6.45) is 3.05. The molecule has 21 heavy (non-hydrogen) atoms. The van der Waals surface area contributed by atoms with Gasteiger partial charge in [0.05, 0.1) is 0 Å². The number of hydrogen-bond donors (Lipinski definition) is 2. The average Bonchev–Trinajstić information content (AvgIpc) is 2.81. The number of halogens is 1. The highest BCUT2D eigenvalue weighted by Crippen LogP contribution is 2.06. The second-order valence-corrected chi connectivity index (χ2v) is 5.50. The summed E-state index contributed by atoms with van der Waals surface area (Å²) in [6.45, 7) is 9.20. The standard InChI is InChI=1S/C14H27N5O.HI/c1-10(2)6-7-11(3)17-14(15-5)16-9-8-13-18-12(4)19-20-13;/h10-11H,6-9H2,1-5H3,(H2,15,16,17);1H. The molecule has 1 aromatic rings. The summed E-state index contributed by atoms with van der Waals surface area (Å²) in [5.74, 6) is 2.87. The van der Waals surface area contributed by atoms with Crippen molar-refractivity contribution in [2.45, 2.75) is 53.0 Å². The van der Waals surface area contributed by atoms with Crippen LogP contribution in [-0.4, -0.2) is 35.7 Å². The van der Waals surface area contributed by atoms with Crippen LogP contribution in [0.15, 0.2) is 9.52 Å². The molecule has 0 aliphatic heterocycles. The van der Waals surface area contributed by atoms with Crippen molar-refractivity contribution in [1.29, 1.82) is 0 Å². The summed E-state index contributed by atoms with van der Waals surface area (Å²) in [5.41, 5.74) is 0. The van der Waals surface area contributed by atoms with Crippen molar-refractivity contribution >= 4 is 29.9 Å². The monoisotopic (exact) mass is 409 g/mol. The van der Waals surface area contributed by atoms with E-state index in [1.165, 1.54) is 6.42 Å². The molecule has 0 radical (unpaired) electrons. The van der Waals surface area contributed by atoms with Crippen LogP contribution in [0.2, 0.25) is 0 Å². The second kappa shape index (κ2) is 10.8. The fourth-order valence-corrected chi connectivity index (χ4v) is 1.81. The van der Waals surface area contributed by atoms with Crippen molar-refractivity contribution in [3.05, 3.63) is 11.7 Å². The lowest BCUT2D eigenvalue weighted by molar-refractivity contribution is 0.374. The number of aliphatic imine (C=N–C) groups is 1. The maximum absolute atomic E-state index is 5.06. The Hall–Kier alpha value is -0.860.